The van der Waals surface area contributed by atoms with Crippen LogP contribution in [0.3, 0.4) is 0 Å². The molecule has 0 saturated carbocycles. The maximum Gasteiger partial charge on any atom is 0.256 e. The number of likely N-dealkylation sites (tertiary alicyclic amines) is 1. The number of methoxy groups -OCH3 is 1. The number of H-pyrrole nitrogens is 1. The Morgan fingerprint density at radius 2 is 1.65 bits per heavy atom. The number of anilines is 1. The number of ether oxygens (including phenoxy) is 1. The molecule has 31 heavy (non-hydrogen) atoms. The Kier molecular flexibility index (Phi) is 5.02. The van der Waals surface area contributed by atoms with Crippen LogP contribution in [0.5, 0.6) is 5.75 Å². The molecule has 0 spiro atoms. The minimum atomic E-state index is -0.0957. The van der Waals surface area contributed by atoms with Crippen molar-refractivity contribution in [2.75, 3.05) is 51.3 Å². The summed E-state index contributed by atoms with van der Waals surface area (Å²) < 4.78 is 5.22. The molecule has 2 aliphatic rings. The van der Waals surface area contributed by atoms with Crippen LogP contribution >= 0.6 is 0 Å². The lowest BCUT2D eigenvalue weighted by Crippen LogP contribution is -2.59. The largest absolute Gasteiger partial charge is 0.497 e. The summed E-state index contributed by atoms with van der Waals surface area (Å²) in [4.78, 5) is 34.9. The molecule has 3 heterocycles. The molecule has 2 saturated heterocycles. The highest BCUT2D eigenvalue weighted by atomic mass is 16.5. The number of carbonyl (C=O) groups is 2. The number of para-hydroxylation sites is 1. The van der Waals surface area contributed by atoms with Crippen molar-refractivity contribution >= 4 is 28.4 Å². The molecule has 2 amide bonds. The van der Waals surface area contributed by atoms with Crippen LogP contribution in [0.4, 0.5) is 5.69 Å². The molecule has 5 rings (SSSR count). The van der Waals surface area contributed by atoms with Gasteiger partial charge in [-0.25, -0.2) is 0 Å². The van der Waals surface area contributed by atoms with Gasteiger partial charge in [-0.3, -0.25) is 9.59 Å². The topological polar surface area (TPSA) is 68.9 Å². The summed E-state index contributed by atoms with van der Waals surface area (Å²) in [5.41, 5.74) is 2.77. The van der Waals surface area contributed by atoms with Crippen molar-refractivity contribution in [1.82, 2.24) is 14.8 Å². The van der Waals surface area contributed by atoms with E-state index in [2.05, 4.69) is 22.0 Å². The van der Waals surface area contributed by atoms with E-state index in [1.54, 1.807) is 18.2 Å². The first-order valence-electron chi connectivity index (χ1n) is 10.7. The molecule has 7 nitrogen and oxygen atoms in total. The van der Waals surface area contributed by atoms with Crippen LogP contribution < -0.4 is 9.64 Å². The Balaban J connectivity index is 1.14. The lowest BCUT2D eigenvalue weighted by atomic mass is 9.96. The lowest BCUT2D eigenvalue weighted by Gasteiger charge is -2.43. The zero-order valence-electron chi connectivity index (χ0n) is 17.6. The average molecular weight is 418 g/mol. The number of hydrogen-bond acceptors (Lipinski definition) is 4. The van der Waals surface area contributed by atoms with Crippen molar-refractivity contribution < 1.29 is 14.3 Å². The van der Waals surface area contributed by atoms with E-state index in [0.29, 0.717) is 31.7 Å². The van der Waals surface area contributed by atoms with Gasteiger partial charge in [0.25, 0.3) is 5.91 Å². The zero-order valence-corrected chi connectivity index (χ0v) is 17.6. The Morgan fingerprint density at radius 3 is 2.35 bits per heavy atom. The van der Waals surface area contributed by atoms with Gasteiger partial charge in [-0.15, -0.1) is 0 Å². The second kappa shape index (κ2) is 7.98. The number of nitrogens with one attached hydrogen (secondary N) is 1. The first-order chi connectivity index (χ1) is 15.1. The molecule has 0 radical (unpaired) electrons. The third kappa shape index (κ3) is 3.60. The number of hydrogen-bond donors (Lipinski definition) is 1. The number of carbonyl (C=O) groups excluding carboxylic acids is 2. The SMILES string of the molecule is COc1ccc(N2CCN(C(=O)C3CN(C(=O)c4c[nH]c5ccccc45)C3)CC2)cc1. The molecule has 2 fully saturated rings. The molecule has 2 aromatic carbocycles. The standard InChI is InChI=1S/C24H26N4O3/c1-31-19-8-6-18(7-9-19)26-10-12-27(13-11-26)23(29)17-15-28(16-17)24(30)21-14-25-22-5-3-2-4-20(21)22/h2-9,14,17,25H,10-13,15-16H2,1H3. The maximum atomic E-state index is 12.9. The minimum absolute atomic E-state index is 0.00850. The number of fused-ring (bicyclic) bond motifs is 1. The summed E-state index contributed by atoms with van der Waals surface area (Å²) in [6.07, 6.45) is 1.76. The van der Waals surface area contributed by atoms with E-state index in [1.165, 1.54) is 0 Å². The molecule has 160 valence electrons. The molecule has 3 aromatic rings. The number of benzene rings is 2. The van der Waals surface area contributed by atoms with E-state index in [0.717, 1.165) is 35.4 Å². The highest BCUT2D eigenvalue weighted by Crippen LogP contribution is 2.26. The molecule has 7 heteroatoms. The molecule has 0 aliphatic carbocycles. The van der Waals surface area contributed by atoms with Gasteiger partial charge in [0.15, 0.2) is 0 Å². The fourth-order valence-corrected chi connectivity index (χ4v) is 4.46. The smallest absolute Gasteiger partial charge is 0.256 e. The Labute approximate surface area is 181 Å². The van der Waals surface area contributed by atoms with E-state index < -0.39 is 0 Å². The lowest BCUT2D eigenvalue weighted by molar-refractivity contribution is -0.140. The van der Waals surface area contributed by atoms with Crippen LogP contribution in [0.2, 0.25) is 0 Å². The van der Waals surface area contributed by atoms with Gasteiger partial charge < -0.3 is 24.4 Å². The molecule has 1 N–H and O–H groups in total. The van der Waals surface area contributed by atoms with Gasteiger partial charge in [0, 0.05) is 62.1 Å². The predicted octanol–water partition coefficient (Wildman–Crippen LogP) is 2.60. The third-order valence-electron chi connectivity index (χ3n) is 6.37. The normalized spacial score (nSPS) is 17.0. The van der Waals surface area contributed by atoms with Crippen LogP contribution in [0.15, 0.2) is 54.7 Å². The number of piperazine rings is 1. The molecule has 0 atom stereocenters. The maximum absolute atomic E-state index is 12.9. The van der Waals surface area contributed by atoms with Crippen molar-refractivity contribution in [1.29, 1.82) is 0 Å². The van der Waals surface area contributed by atoms with E-state index >= 15 is 0 Å². The number of nitrogens with zero attached hydrogens (tertiary/aromatic N) is 3. The first-order valence-corrected chi connectivity index (χ1v) is 10.7. The summed E-state index contributed by atoms with van der Waals surface area (Å²) in [5, 5.41) is 0.928. The van der Waals surface area contributed by atoms with Gasteiger partial charge in [0.2, 0.25) is 5.91 Å². The summed E-state index contributed by atoms with van der Waals surface area (Å²) in [5.74, 6) is 0.902. The zero-order chi connectivity index (χ0) is 21.4. The number of aromatic nitrogens is 1. The second-order valence-electron chi connectivity index (χ2n) is 8.17. The predicted molar refractivity (Wildman–Crippen MR) is 119 cm³/mol. The van der Waals surface area contributed by atoms with Crippen molar-refractivity contribution in [3.8, 4) is 5.75 Å². The van der Waals surface area contributed by atoms with Crippen LogP contribution in [0, 0.1) is 5.92 Å². The summed E-state index contributed by atoms with van der Waals surface area (Å²) >= 11 is 0. The van der Waals surface area contributed by atoms with Gasteiger partial charge in [0.1, 0.15) is 5.75 Å². The summed E-state index contributed by atoms with van der Waals surface area (Å²) in [6, 6.07) is 15.8. The average Bonchev–Trinajstić information content (AvgIpc) is 3.22. The van der Waals surface area contributed by atoms with Crippen molar-refractivity contribution in [2.24, 2.45) is 5.92 Å². The summed E-state index contributed by atoms with van der Waals surface area (Å²) in [7, 11) is 1.66. The van der Waals surface area contributed by atoms with Crippen molar-refractivity contribution in [3.63, 3.8) is 0 Å². The van der Waals surface area contributed by atoms with Gasteiger partial charge >= 0.3 is 0 Å². The molecule has 0 unspecified atom stereocenters. The van der Waals surface area contributed by atoms with Crippen LogP contribution in [-0.4, -0.2) is 73.0 Å². The monoisotopic (exact) mass is 418 g/mol. The molecular formula is C24H26N4O3. The molecular weight excluding hydrogens is 392 g/mol. The van der Waals surface area contributed by atoms with Crippen molar-refractivity contribution in [3.05, 3.63) is 60.3 Å². The fraction of sp³-hybridized carbons (Fsp3) is 0.333. The van der Waals surface area contributed by atoms with Gasteiger partial charge in [0.05, 0.1) is 18.6 Å². The first kappa shape index (κ1) is 19.5. The highest BCUT2D eigenvalue weighted by Gasteiger charge is 2.39. The number of aromatic amines is 1. The van der Waals surface area contributed by atoms with Crippen LogP contribution in [0.25, 0.3) is 10.9 Å². The number of rotatable bonds is 4. The van der Waals surface area contributed by atoms with E-state index in [1.807, 2.05) is 41.3 Å². The van der Waals surface area contributed by atoms with Crippen LogP contribution in [0.1, 0.15) is 10.4 Å². The summed E-state index contributed by atoms with van der Waals surface area (Å²) in [6.45, 7) is 4.02. The van der Waals surface area contributed by atoms with Gasteiger partial charge in [-0.05, 0) is 30.3 Å². The van der Waals surface area contributed by atoms with E-state index in [-0.39, 0.29) is 17.7 Å². The number of amides is 2. The Hall–Kier alpha value is -3.48. The quantitative estimate of drug-likeness (QED) is 0.707. The second-order valence-corrected chi connectivity index (χ2v) is 8.17. The van der Waals surface area contributed by atoms with Gasteiger partial charge in [-0.2, -0.15) is 0 Å². The molecule has 0 bridgehead atoms. The Morgan fingerprint density at radius 1 is 0.935 bits per heavy atom. The van der Waals surface area contributed by atoms with Crippen molar-refractivity contribution in [2.45, 2.75) is 0 Å². The van der Waals surface area contributed by atoms with E-state index in [4.69, 9.17) is 4.74 Å². The van der Waals surface area contributed by atoms with E-state index in [9.17, 15) is 9.59 Å². The molecule has 1 aromatic heterocycles. The Bertz CT molecular complexity index is 1090. The molecule has 2 aliphatic heterocycles. The fourth-order valence-electron chi connectivity index (χ4n) is 4.46. The minimum Gasteiger partial charge on any atom is -0.497 e. The van der Waals surface area contributed by atoms with Gasteiger partial charge in [-0.1, -0.05) is 18.2 Å². The third-order valence-corrected chi connectivity index (χ3v) is 6.37. The highest BCUT2D eigenvalue weighted by molar-refractivity contribution is 6.07. The van der Waals surface area contributed by atoms with Crippen LogP contribution in [-0.2, 0) is 4.79 Å².